The van der Waals surface area contributed by atoms with Gasteiger partial charge >= 0.3 is 5.97 Å². The van der Waals surface area contributed by atoms with Gasteiger partial charge in [-0.25, -0.2) is 0 Å². The van der Waals surface area contributed by atoms with E-state index in [-0.39, 0.29) is 6.10 Å². The van der Waals surface area contributed by atoms with E-state index in [9.17, 15) is 4.79 Å². The number of carboxylic acids is 1. The number of hydrogen-bond acceptors (Lipinski definition) is 3. The van der Waals surface area contributed by atoms with Gasteiger partial charge in [-0.15, -0.1) is 0 Å². The molecule has 1 rings (SSSR count). The molecule has 0 aromatic carbocycles. The minimum atomic E-state index is -1.01. The summed E-state index contributed by atoms with van der Waals surface area (Å²) < 4.78 is 5.11. The van der Waals surface area contributed by atoms with Crippen LogP contribution in [0, 0.1) is 0 Å². The summed E-state index contributed by atoms with van der Waals surface area (Å²) in [7, 11) is 0. The molecule has 0 spiro atoms. The highest BCUT2D eigenvalue weighted by molar-refractivity contribution is 5.74. The van der Waals surface area contributed by atoms with E-state index in [1.807, 2.05) is 12.2 Å². The summed E-state index contributed by atoms with van der Waals surface area (Å²) in [5.74, 6) is -1.01. The lowest BCUT2D eigenvalue weighted by molar-refractivity contribution is -0.142. The number of carbonyl (C=O) groups is 1. The Balaban J connectivity index is 2.46. The van der Waals surface area contributed by atoms with Crippen LogP contribution in [0.3, 0.4) is 0 Å². The van der Waals surface area contributed by atoms with Crippen molar-refractivity contribution in [2.45, 2.75) is 18.6 Å². The molecule has 4 nitrogen and oxygen atoms in total. The molecule has 0 amide bonds. The summed E-state index contributed by atoms with van der Waals surface area (Å²) in [6.45, 7) is 0.464. The molecule has 1 aliphatic rings. The highest BCUT2D eigenvalue weighted by Crippen LogP contribution is 2.08. The molecule has 0 saturated heterocycles. The van der Waals surface area contributed by atoms with Crippen LogP contribution in [-0.2, 0) is 9.53 Å². The number of rotatable bonds is 2. The molecule has 0 unspecified atom stereocenters. The Morgan fingerprint density at radius 2 is 2.45 bits per heavy atom. The van der Waals surface area contributed by atoms with Gasteiger partial charge in [0.2, 0.25) is 0 Å². The van der Waals surface area contributed by atoms with Gasteiger partial charge < -0.3 is 15.6 Å². The second-order valence-corrected chi connectivity index (χ2v) is 2.44. The predicted octanol–water partition coefficient (Wildman–Crippen LogP) is -0.257. The van der Waals surface area contributed by atoms with E-state index in [1.165, 1.54) is 0 Å². The van der Waals surface area contributed by atoms with Crippen molar-refractivity contribution < 1.29 is 14.6 Å². The Kier molecular flexibility index (Phi) is 2.62. The number of nitrogens with two attached hydrogens (primary N) is 1. The Morgan fingerprint density at radius 3 is 2.91 bits per heavy atom. The standard InChI is InChI=1S/C7H11NO3/c8-6(7(9)10)5-3-1-2-4-11-5/h1-2,5-6H,3-4,8H2,(H,9,10)/t5-,6+/m0/s1. The maximum absolute atomic E-state index is 10.4. The van der Waals surface area contributed by atoms with Gasteiger partial charge in [0.1, 0.15) is 6.04 Å². The van der Waals surface area contributed by atoms with Gasteiger partial charge in [0.25, 0.3) is 0 Å². The molecule has 62 valence electrons. The van der Waals surface area contributed by atoms with Gasteiger partial charge in [0.15, 0.2) is 0 Å². The second-order valence-electron chi connectivity index (χ2n) is 2.44. The van der Waals surface area contributed by atoms with Crippen molar-refractivity contribution in [2.75, 3.05) is 6.61 Å². The molecule has 0 fully saturated rings. The fraction of sp³-hybridized carbons (Fsp3) is 0.571. The van der Waals surface area contributed by atoms with Crippen molar-refractivity contribution >= 4 is 5.97 Å². The number of ether oxygens (including phenoxy) is 1. The van der Waals surface area contributed by atoms with Crippen LogP contribution in [-0.4, -0.2) is 29.8 Å². The van der Waals surface area contributed by atoms with E-state index in [0.717, 1.165) is 0 Å². The topological polar surface area (TPSA) is 72.6 Å². The molecule has 0 aromatic rings. The van der Waals surface area contributed by atoms with Crippen LogP contribution < -0.4 is 5.73 Å². The van der Waals surface area contributed by atoms with Crippen molar-refractivity contribution in [3.05, 3.63) is 12.2 Å². The minimum absolute atomic E-state index is 0.363. The predicted molar refractivity (Wildman–Crippen MR) is 39.1 cm³/mol. The smallest absolute Gasteiger partial charge is 0.323 e. The zero-order chi connectivity index (χ0) is 8.27. The molecule has 4 heteroatoms. The molecule has 1 aliphatic heterocycles. The Hall–Kier alpha value is -0.870. The lowest BCUT2D eigenvalue weighted by Crippen LogP contribution is -2.43. The van der Waals surface area contributed by atoms with Gasteiger partial charge in [-0.2, -0.15) is 0 Å². The van der Waals surface area contributed by atoms with Crippen LogP contribution in [0.25, 0.3) is 0 Å². The van der Waals surface area contributed by atoms with Crippen molar-refractivity contribution in [2.24, 2.45) is 5.73 Å². The highest BCUT2D eigenvalue weighted by Gasteiger charge is 2.24. The van der Waals surface area contributed by atoms with Gasteiger partial charge in [-0.3, -0.25) is 4.79 Å². The second kappa shape index (κ2) is 3.50. The molecule has 0 radical (unpaired) electrons. The molecule has 1 heterocycles. The normalized spacial score (nSPS) is 26.5. The first kappa shape index (κ1) is 8.23. The van der Waals surface area contributed by atoms with Crippen molar-refractivity contribution in [1.29, 1.82) is 0 Å². The highest BCUT2D eigenvalue weighted by atomic mass is 16.5. The zero-order valence-corrected chi connectivity index (χ0v) is 6.06. The Morgan fingerprint density at radius 1 is 1.73 bits per heavy atom. The molecule has 0 aliphatic carbocycles. The lowest BCUT2D eigenvalue weighted by atomic mass is 10.1. The molecule has 0 aromatic heterocycles. The molecular formula is C7H11NO3. The largest absolute Gasteiger partial charge is 0.480 e. The first-order valence-electron chi connectivity index (χ1n) is 3.47. The summed E-state index contributed by atoms with van der Waals surface area (Å²) in [6, 6.07) is -0.903. The molecule has 11 heavy (non-hydrogen) atoms. The molecule has 0 bridgehead atoms. The Labute approximate surface area is 64.6 Å². The van der Waals surface area contributed by atoms with Crippen LogP contribution in [0.15, 0.2) is 12.2 Å². The summed E-state index contributed by atoms with van der Waals surface area (Å²) in [5.41, 5.74) is 5.33. The SMILES string of the molecule is N[C@@H](C(=O)O)[C@@H]1CC=CCO1. The van der Waals surface area contributed by atoms with E-state index in [2.05, 4.69) is 0 Å². The van der Waals surface area contributed by atoms with Crippen LogP contribution in [0.1, 0.15) is 6.42 Å². The van der Waals surface area contributed by atoms with Gasteiger partial charge in [-0.05, 0) is 6.42 Å². The minimum Gasteiger partial charge on any atom is -0.480 e. The average Bonchev–Trinajstić information content (AvgIpc) is 2.05. The van der Waals surface area contributed by atoms with Gasteiger partial charge in [-0.1, -0.05) is 12.2 Å². The molecule has 2 atom stereocenters. The Bertz CT molecular complexity index is 179. The monoisotopic (exact) mass is 157 g/mol. The van der Waals surface area contributed by atoms with E-state index < -0.39 is 12.0 Å². The summed E-state index contributed by atoms with van der Waals surface area (Å²) in [6.07, 6.45) is 3.97. The number of hydrogen-bond donors (Lipinski definition) is 2. The van der Waals surface area contributed by atoms with E-state index in [1.54, 1.807) is 0 Å². The van der Waals surface area contributed by atoms with Gasteiger partial charge in [0, 0.05) is 0 Å². The van der Waals surface area contributed by atoms with Crippen molar-refractivity contribution in [3.63, 3.8) is 0 Å². The lowest BCUT2D eigenvalue weighted by Gasteiger charge is -2.21. The maximum Gasteiger partial charge on any atom is 0.323 e. The number of carboxylic acid groups (broad SMARTS) is 1. The third-order valence-electron chi connectivity index (χ3n) is 1.63. The summed E-state index contributed by atoms with van der Waals surface area (Å²) in [4.78, 5) is 10.4. The fourth-order valence-electron chi connectivity index (χ4n) is 0.955. The first-order valence-corrected chi connectivity index (χ1v) is 3.47. The van der Waals surface area contributed by atoms with Crippen LogP contribution >= 0.6 is 0 Å². The van der Waals surface area contributed by atoms with Crippen molar-refractivity contribution in [1.82, 2.24) is 0 Å². The third-order valence-corrected chi connectivity index (χ3v) is 1.63. The van der Waals surface area contributed by atoms with Crippen LogP contribution in [0.2, 0.25) is 0 Å². The van der Waals surface area contributed by atoms with Gasteiger partial charge in [0.05, 0.1) is 12.7 Å². The average molecular weight is 157 g/mol. The van der Waals surface area contributed by atoms with Crippen molar-refractivity contribution in [3.8, 4) is 0 Å². The molecule has 3 N–H and O–H groups in total. The molecule has 0 saturated carbocycles. The quantitative estimate of drug-likeness (QED) is 0.542. The van der Waals surface area contributed by atoms with E-state index in [0.29, 0.717) is 13.0 Å². The number of aliphatic carboxylic acids is 1. The van der Waals surface area contributed by atoms with Crippen LogP contribution in [0.5, 0.6) is 0 Å². The first-order chi connectivity index (χ1) is 5.22. The summed E-state index contributed by atoms with van der Waals surface area (Å²) >= 11 is 0. The maximum atomic E-state index is 10.4. The summed E-state index contributed by atoms with van der Waals surface area (Å²) in [5, 5.41) is 8.51. The molecular weight excluding hydrogens is 146 g/mol. The fourth-order valence-corrected chi connectivity index (χ4v) is 0.955. The van der Waals surface area contributed by atoms with Crippen LogP contribution in [0.4, 0.5) is 0 Å². The zero-order valence-electron chi connectivity index (χ0n) is 6.06. The van der Waals surface area contributed by atoms with E-state index in [4.69, 9.17) is 15.6 Å². The van der Waals surface area contributed by atoms with E-state index >= 15 is 0 Å². The third kappa shape index (κ3) is 2.03.